The average molecular weight is 677 g/mol. The van der Waals surface area contributed by atoms with E-state index >= 15 is 0 Å². The molecule has 5 aliphatic rings. The molecule has 5 fully saturated rings. The summed E-state index contributed by atoms with van der Waals surface area (Å²) in [5, 5.41) is 18.6. The number of benzene rings is 1. The number of anilines is 1. The zero-order chi connectivity index (χ0) is 33.4. The zero-order valence-corrected chi connectivity index (χ0v) is 27.8. The molecule has 1 N–H and O–H groups in total. The number of aromatic nitrogens is 3. The van der Waals surface area contributed by atoms with Crippen molar-refractivity contribution in [1.82, 2.24) is 19.8 Å². The van der Waals surface area contributed by atoms with E-state index in [9.17, 15) is 22.8 Å². The van der Waals surface area contributed by atoms with Gasteiger partial charge in [-0.25, -0.2) is 5.01 Å². The van der Waals surface area contributed by atoms with Gasteiger partial charge in [0.2, 0.25) is 0 Å². The number of hydrogen-bond donors (Lipinski definition) is 2. The van der Waals surface area contributed by atoms with E-state index in [1.54, 1.807) is 30.8 Å². The van der Waals surface area contributed by atoms with Gasteiger partial charge in [-0.05, 0) is 106 Å². The van der Waals surface area contributed by atoms with E-state index in [0.717, 1.165) is 29.9 Å². The molecular formula is C33H43F3N6O4S. The van der Waals surface area contributed by atoms with Gasteiger partial charge in [0.15, 0.2) is 0 Å². The van der Waals surface area contributed by atoms with Gasteiger partial charge in [-0.15, -0.1) is 5.10 Å². The summed E-state index contributed by atoms with van der Waals surface area (Å²) >= 11 is -1.10. The number of ether oxygens (including phenoxy) is 2. The highest BCUT2D eigenvalue weighted by Gasteiger charge is 2.52. The molecule has 1 amide bonds. The van der Waals surface area contributed by atoms with Crippen LogP contribution in [0.4, 0.5) is 18.9 Å². The number of carbonyl (C=O) groups is 2. The molecule has 14 heteroatoms. The molecule has 4 bridgehead atoms. The molecule has 1 aromatic carbocycles. The van der Waals surface area contributed by atoms with E-state index in [1.807, 2.05) is 0 Å². The molecular weight excluding hydrogens is 633 g/mol. The Kier molecular flexibility index (Phi) is 9.62. The Balaban J connectivity index is 0.894. The van der Waals surface area contributed by atoms with Crippen LogP contribution in [0.3, 0.4) is 0 Å². The number of rotatable bonds is 13. The van der Waals surface area contributed by atoms with E-state index in [4.69, 9.17) is 14.7 Å². The van der Waals surface area contributed by atoms with Crippen LogP contribution in [0, 0.1) is 34.5 Å². The predicted molar refractivity (Wildman–Crippen MR) is 170 cm³/mol. The highest BCUT2D eigenvalue weighted by atomic mass is 32.2. The third-order valence-electron chi connectivity index (χ3n) is 10.3. The molecule has 2 aromatic rings. The first-order valence-corrected chi connectivity index (χ1v) is 18.0. The van der Waals surface area contributed by atoms with E-state index < -0.39 is 33.1 Å². The number of amides is 1. The van der Waals surface area contributed by atoms with Gasteiger partial charge in [-0.1, -0.05) is 5.21 Å². The molecule has 256 valence electrons. The second kappa shape index (κ2) is 13.4. The summed E-state index contributed by atoms with van der Waals surface area (Å²) < 4.78 is 52.7. The summed E-state index contributed by atoms with van der Waals surface area (Å²) in [5.41, 5.74) is -0.645. The molecule has 0 radical (unpaired) electrons. The van der Waals surface area contributed by atoms with Crippen molar-refractivity contribution in [2.75, 3.05) is 24.0 Å². The lowest BCUT2D eigenvalue weighted by atomic mass is 9.49. The first-order valence-electron chi connectivity index (χ1n) is 16.5. The number of hydrazine groups is 1. The summed E-state index contributed by atoms with van der Waals surface area (Å²) in [5.74, 6) is 2.68. The van der Waals surface area contributed by atoms with Crippen LogP contribution in [-0.2, 0) is 38.4 Å². The summed E-state index contributed by atoms with van der Waals surface area (Å²) in [6, 6.07) is 4.84. The second-order valence-electron chi connectivity index (χ2n) is 14.3. The maximum absolute atomic E-state index is 13.5. The summed E-state index contributed by atoms with van der Waals surface area (Å²) in [6.45, 7) is 5.20. The van der Waals surface area contributed by atoms with Crippen molar-refractivity contribution in [2.24, 2.45) is 23.2 Å². The van der Waals surface area contributed by atoms with Crippen molar-refractivity contribution >= 4 is 28.6 Å². The summed E-state index contributed by atoms with van der Waals surface area (Å²) in [4.78, 5) is 28.9. The topological polar surface area (TPSA) is 122 Å². The smallest absolute Gasteiger partial charge is 0.417 e. The minimum atomic E-state index is -4.71. The van der Waals surface area contributed by atoms with Crippen LogP contribution in [0.25, 0.3) is 0 Å². The van der Waals surface area contributed by atoms with Crippen LogP contribution in [0.15, 0.2) is 24.4 Å². The van der Waals surface area contributed by atoms with Crippen LogP contribution in [0.1, 0.15) is 88.5 Å². The van der Waals surface area contributed by atoms with Crippen molar-refractivity contribution in [3.8, 4) is 6.07 Å². The van der Waals surface area contributed by atoms with E-state index in [0.29, 0.717) is 50.5 Å². The van der Waals surface area contributed by atoms with Crippen molar-refractivity contribution in [1.29, 1.82) is 5.26 Å². The minimum Gasteiger partial charge on any atom is -0.466 e. The molecule has 1 saturated heterocycles. The average Bonchev–Trinajstić information content (AvgIpc) is 3.54. The number of alkyl halides is 3. The minimum absolute atomic E-state index is 0.0519. The summed E-state index contributed by atoms with van der Waals surface area (Å²) in [6.07, 6.45) is 6.60. The Labute approximate surface area is 275 Å². The standard InChI is InChI=1S/C33H43F3N6O4S/c1-31(2)30(44)42(27-6-5-25(19-37)28(14-27)33(34,35)36)40-47(31)10-3-7-41-20-26(38-39-41)21-45-8-4-9-46-29(43)18-32-15-22-11-23(16-32)13-24(12-22)17-32/h5-6,14,20,22-24,40,47H,3-4,7-13,15-18,21H2,1-2H3. The molecule has 0 spiro atoms. The van der Waals surface area contributed by atoms with E-state index in [2.05, 4.69) is 15.1 Å². The number of nitrogens with one attached hydrogen (secondary N) is 1. The number of carbonyl (C=O) groups excluding carboxylic acids is 2. The number of thiol groups is 1. The molecule has 1 atom stereocenters. The number of nitrogens with zero attached hydrogens (tertiary/aromatic N) is 5. The third kappa shape index (κ3) is 7.47. The largest absolute Gasteiger partial charge is 0.466 e. The molecule has 4 saturated carbocycles. The number of nitriles is 1. The van der Waals surface area contributed by atoms with Crippen molar-refractivity contribution < 1.29 is 32.2 Å². The van der Waals surface area contributed by atoms with Gasteiger partial charge < -0.3 is 9.47 Å². The fourth-order valence-corrected chi connectivity index (χ4v) is 10.6. The lowest BCUT2D eigenvalue weighted by molar-refractivity contribution is -0.152. The first kappa shape index (κ1) is 33.7. The first-order chi connectivity index (χ1) is 22.3. The summed E-state index contributed by atoms with van der Waals surface area (Å²) in [7, 11) is 0. The molecule has 1 unspecified atom stereocenters. The van der Waals surface area contributed by atoms with Gasteiger partial charge in [-0.3, -0.25) is 14.3 Å². The van der Waals surface area contributed by atoms with Crippen LogP contribution >= 0.6 is 11.1 Å². The lowest BCUT2D eigenvalue weighted by Gasteiger charge is -2.56. The number of hydrogen-bond acceptors (Lipinski definition) is 8. The highest BCUT2D eigenvalue weighted by Crippen LogP contribution is 2.61. The Hall–Kier alpha value is -3.15. The third-order valence-corrected chi connectivity index (χ3v) is 13.0. The molecule has 1 aliphatic heterocycles. The van der Waals surface area contributed by atoms with Crippen molar-refractivity contribution in [3.63, 3.8) is 0 Å². The van der Waals surface area contributed by atoms with Crippen molar-refractivity contribution in [2.45, 2.75) is 95.7 Å². The van der Waals surface area contributed by atoms with Crippen LogP contribution < -0.4 is 9.84 Å². The molecule has 47 heavy (non-hydrogen) atoms. The molecule has 4 aliphatic carbocycles. The Morgan fingerprint density at radius 2 is 1.83 bits per heavy atom. The van der Waals surface area contributed by atoms with Gasteiger partial charge in [0.05, 0.1) is 60.1 Å². The van der Waals surface area contributed by atoms with Gasteiger partial charge >= 0.3 is 12.1 Å². The lowest BCUT2D eigenvalue weighted by Crippen LogP contribution is -2.47. The zero-order valence-electron chi connectivity index (χ0n) is 26.9. The number of esters is 1. The number of aryl methyl sites for hydroxylation is 1. The monoisotopic (exact) mass is 676 g/mol. The molecule has 2 heterocycles. The van der Waals surface area contributed by atoms with Crippen LogP contribution in [0.2, 0.25) is 0 Å². The van der Waals surface area contributed by atoms with Gasteiger partial charge in [0.25, 0.3) is 5.91 Å². The van der Waals surface area contributed by atoms with Gasteiger partial charge in [-0.2, -0.15) is 34.3 Å². The Morgan fingerprint density at radius 1 is 1.13 bits per heavy atom. The maximum Gasteiger partial charge on any atom is 0.417 e. The van der Waals surface area contributed by atoms with Gasteiger partial charge in [0, 0.05) is 13.0 Å². The van der Waals surface area contributed by atoms with E-state index in [-0.39, 0.29) is 29.6 Å². The van der Waals surface area contributed by atoms with Crippen molar-refractivity contribution in [3.05, 3.63) is 41.2 Å². The van der Waals surface area contributed by atoms with E-state index in [1.165, 1.54) is 49.6 Å². The fourth-order valence-electron chi connectivity index (χ4n) is 8.48. The van der Waals surface area contributed by atoms with Crippen LogP contribution in [-0.4, -0.2) is 50.6 Å². The molecule has 7 rings (SSSR count). The molecule has 10 nitrogen and oxygen atoms in total. The van der Waals surface area contributed by atoms with Crippen LogP contribution in [0.5, 0.6) is 0 Å². The van der Waals surface area contributed by atoms with Gasteiger partial charge in [0.1, 0.15) is 5.69 Å². The maximum atomic E-state index is 13.5. The predicted octanol–water partition coefficient (Wildman–Crippen LogP) is 5.86. The second-order valence-corrected chi connectivity index (χ2v) is 17.0. The SMILES string of the molecule is CC1(C)C(=O)N(c2ccc(C#N)c(C(F)(F)F)c2)N[SH]1CCCn1cc(COCCCOC(=O)CC23CC4CC(CC(C4)C2)C3)nn1. The molecule has 1 aromatic heterocycles. The Morgan fingerprint density at radius 3 is 2.49 bits per heavy atom. The quantitative estimate of drug-likeness (QED) is 0.154. The normalized spacial score (nSPS) is 28.5. The Bertz CT molecular complexity index is 1490. The number of halogens is 3. The fraction of sp³-hybridized carbons (Fsp3) is 0.667. The highest BCUT2D eigenvalue weighted by molar-refractivity contribution is 8.17.